The van der Waals surface area contributed by atoms with Crippen LogP contribution in [0.4, 0.5) is 0 Å². The van der Waals surface area contributed by atoms with Gasteiger partial charge in [0.2, 0.25) is 5.91 Å². The van der Waals surface area contributed by atoms with E-state index in [9.17, 15) is 4.79 Å². The number of nitrogens with one attached hydrogen (secondary N) is 1. The van der Waals surface area contributed by atoms with Crippen molar-refractivity contribution in [2.75, 3.05) is 12.8 Å². The molecule has 0 bridgehead atoms. The quantitative estimate of drug-likeness (QED) is 0.574. The van der Waals surface area contributed by atoms with E-state index in [1.54, 1.807) is 13.1 Å². The molecular weight excluding hydrogens is 234 g/mol. The third-order valence-corrected chi connectivity index (χ3v) is 4.01. The predicted octanol–water partition coefficient (Wildman–Crippen LogP) is 1.32. The van der Waals surface area contributed by atoms with Gasteiger partial charge >= 0.3 is 0 Å². The topological polar surface area (TPSA) is 67.5 Å². The zero-order chi connectivity index (χ0) is 12.7. The van der Waals surface area contributed by atoms with Gasteiger partial charge in [0.25, 0.3) is 0 Å². The summed E-state index contributed by atoms with van der Waals surface area (Å²) in [5.41, 5.74) is 5.97. The van der Waals surface area contributed by atoms with Gasteiger partial charge in [-0.15, -0.1) is 11.8 Å². The van der Waals surface area contributed by atoms with E-state index in [2.05, 4.69) is 16.4 Å². The molecule has 0 aromatic heterocycles. The molecule has 1 rings (SSSR count). The number of carbonyl (C=O) groups is 1. The van der Waals surface area contributed by atoms with Gasteiger partial charge < -0.3 is 11.1 Å². The van der Waals surface area contributed by atoms with Crippen LogP contribution in [-0.4, -0.2) is 37.0 Å². The molecule has 0 aromatic rings. The number of hydrogen-bond donors (Lipinski definition) is 2. The van der Waals surface area contributed by atoms with Crippen molar-refractivity contribution in [1.29, 1.82) is 0 Å². The molecule has 96 valence electrons. The lowest BCUT2D eigenvalue weighted by atomic mass is 10.1. The third-order valence-electron chi connectivity index (χ3n) is 2.70. The molecular formula is C12H21N3OS. The number of likely N-dealkylation sites (N-methyl/N-ethyl adjacent to an activating group) is 1. The number of allylic oxidation sites excluding steroid dienone is 1. The van der Waals surface area contributed by atoms with Crippen LogP contribution in [0.2, 0.25) is 0 Å². The number of amides is 1. The van der Waals surface area contributed by atoms with Gasteiger partial charge in [-0.3, -0.25) is 4.79 Å². The first-order chi connectivity index (χ1) is 8.19. The number of nitrogens with zero attached hydrogens (tertiary/aromatic N) is 1. The van der Waals surface area contributed by atoms with Gasteiger partial charge in [-0.25, -0.2) is 4.99 Å². The van der Waals surface area contributed by atoms with Crippen LogP contribution < -0.4 is 11.1 Å². The Morgan fingerprint density at radius 2 is 2.47 bits per heavy atom. The first-order valence-electron chi connectivity index (χ1n) is 5.96. The fourth-order valence-electron chi connectivity index (χ4n) is 1.84. The van der Waals surface area contributed by atoms with Crippen molar-refractivity contribution in [2.24, 2.45) is 10.7 Å². The highest BCUT2D eigenvalue weighted by Crippen LogP contribution is 2.30. The minimum Gasteiger partial charge on any atom is -0.325 e. The lowest BCUT2D eigenvalue weighted by molar-refractivity contribution is -0.117. The van der Waals surface area contributed by atoms with E-state index in [1.807, 2.05) is 18.8 Å². The van der Waals surface area contributed by atoms with Crippen molar-refractivity contribution in [3.05, 3.63) is 11.0 Å². The summed E-state index contributed by atoms with van der Waals surface area (Å²) in [4.78, 5) is 16.2. The summed E-state index contributed by atoms with van der Waals surface area (Å²) in [6.07, 6.45) is 6.03. The van der Waals surface area contributed by atoms with Crippen LogP contribution in [0.1, 0.15) is 26.2 Å². The van der Waals surface area contributed by atoms with Gasteiger partial charge in [0.05, 0.1) is 6.04 Å². The van der Waals surface area contributed by atoms with Gasteiger partial charge in [0.1, 0.15) is 0 Å². The summed E-state index contributed by atoms with van der Waals surface area (Å²) in [6, 6.07) is 0.479. The molecule has 2 unspecified atom stereocenters. The summed E-state index contributed by atoms with van der Waals surface area (Å²) in [5.74, 6) is 0.933. The lowest BCUT2D eigenvalue weighted by Crippen LogP contribution is -2.41. The number of rotatable bonds is 5. The molecule has 1 aliphatic rings. The van der Waals surface area contributed by atoms with E-state index >= 15 is 0 Å². The van der Waals surface area contributed by atoms with Crippen molar-refractivity contribution in [3.63, 3.8) is 0 Å². The van der Waals surface area contributed by atoms with E-state index in [1.165, 1.54) is 4.91 Å². The molecule has 17 heavy (non-hydrogen) atoms. The number of thioether (sulfide) groups is 1. The smallest absolute Gasteiger partial charge is 0.245 e. The van der Waals surface area contributed by atoms with E-state index in [4.69, 9.17) is 5.73 Å². The van der Waals surface area contributed by atoms with Crippen molar-refractivity contribution in [2.45, 2.75) is 38.3 Å². The van der Waals surface area contributed by atoms with Gasteiger partial charge in [0, 0.05) is 24.4 Å². The third kappa shape index (κ3) is 4.61. The fraction of sp³-hybridized carbons (Fsp3) is 0.667. The Balaban J connectivity index is 2.31. The maximum Gasteiger partial charge on any atom is 0.245 e. The lowest BCUT2D eigenvalue weighted by Gasteiger charge is -2.14. The van der Waals surface area contributed by atoms with Gasteiger partial charge in [-0.05, 0) is 31.7 Å². The Morgan fingerprint density at radius 3 is 3.12 bits per heavy atom. The molecule has 0 saturated carbocycles. The van der Waals surface area contributed by atoms with E-state index < -0.39 is 0 Å². The molecule has 1 aliphatic heterocycles. The van der Waals surface area contributed by atoms with Gasteiger partial charge in [-0.2, -0.15) is 0 Å². The van der Waals surface area contributed by atoms with Crippen molar-refractivity contribution in [1.82, 2.24) is 5.32 Å². The molecule has 1 fully saturated rings. The average molecular weight is 255 g/mol. The fourth-order valence-corrected chi connectivity index (χ4v) is 3.12. The normalized spacial score (nSPS) is 27.1. The van der Waals surface area contributed by atoms with Crippen LogP contribution in [0.3, 0.4) is 0 Å². The summed E-state index contributed by atoms with van der Waals surface area (Å²) >= 11 is 1.81. The van der Waals surface area contributed by atoms with Crippen molar-refractivity contribution in [3.8, 4) is 0 Å². The molecule has 1 heterocycles. The summed E-state index contributed by atoms with van der Waals surface area (Å²) in [7, 11) is 1.93. The number of carbonyl (C=O) groups excluding carboxylic acids is 1. The first-order valence-corrected chi connectivity index (χ1v) is 6.94. The highest BCUT2D eigenvalue weighted by molar-refractivity contribution is 8.03. The highest BCUT2D eigenvalue weighted by atomic mass is 32.2. The first kappa shape index (κ1) is 14.4. The molecule has 1 saturated heterocycles. The molecule has 3 N–H and O–H groups in total. The number of unbranched alkanes of at least 4 members (excludes halogenated alkanes) is 1. The Bertz CT molecular complexity index is 315. The molecule has 5 heteroatoms. The Morgan fingerprint density at radius 1 is 1.71 bits per heavy atom. The van der Waals surface area contributed by atoms with E-state index in [-0.39, 0.29) is 18.0 Å². The highest BCUT2D eigenvalue weighted by Gasteiger charge is 2.27. The molecule has 2 atom stereocenters. The molecule has 0 spiro atoms. The largest absolute Gasteiger partial charge is 0.325 e. The monoisotopic (exact) mass is 255 g/mol. The van der Waals surface area contributed by atoms with Crippen LogP contribution in [0.25, 0.3) is 0 Å². The molecule has 1 amide bonds. The van der Waals surface area contributed by atoms with Crippen LogP contribution in [0.5, 0.6) is 0 Å². The maximum absolute atomic E-state index is 11.2. The van der Waals surface area contributed by atoms with Gasteiger partial charge in [0.15, 0.2) is 0 Å². The predicted molar refractivity (Wildman–Crippen MR) is 74.4 cm³/mol. The van der Waals surface area contributed by atoms with Crippen LogP contribution >= 0.6 is 11.8 Å². The van der Waals surface area contributed by atoms with Crippen LogP contribution in [0, 0.1) is 0 Å². The minimum atomic E-state index is -0.0353. The van der Waals surface area contributed by atoms with Crippen LogP contribution in [-0.2, 0) is 4.79 Å². The summed E-state index contributed by atoms with van der Waals surface area (Å²) in [6.45, 7) is 1.76. The second-order valence-corrected chi connectivity index (χ2v) is 5.11. The van der Waals surface area contributed by atoms with Gasteiger partial charge in [-0.1, -0.05) is 6.08 Å². The van der Waals surface area contributed by atoms with Crippen molar-refractivity contribution < 1.29 is 4.79 Å². The Labute approximate surface area is 107 Å². The summed E-state index contributed by atoms with van der Waals surface area (Å²) in [5, 5.41) is 3.23. The van der Waals surface area contributed by atoms with Crippen molar-refractivity contribution >= 4 is 23.9 Å². The standard InChI is InChI=1S/C12H21N3OS/c1-3-15-11(16)7-5-4-6-10-12(14-2)9(13)8-17-10/h3,6,9,12,14H,4-5,7-8,13H2,1-2H3/b10-6-,15-3?. The second kappa shape index (κ2) is 7.63. The molecule has 0 radical (unpaired) electrons. The Hall–Kier alpha value is -0.650. The SMILES string of the molecule is CC=NC(=O)CCC/C=C1\SCC(N)C1NC. The molecule has 0 aliphatic carbocycles. The number of nitrogens with two attached hydrogens (primary N) is 1. The number of hydrogen-bond acceptors (Lipinski definition) is 4. The van der Waals surface area contributed by atoms with Crippen LogP contribution in [0.15, 0.2) is 16.0 Å². The Kier molecular flexibility index (Phi) is 6.47. The molecule has 4 nitrogen and oxygen atoms in total. The maximum atomic E-state index is 11.2. The average Bonchev–Trinajstić information content (AvgIpc) is 2.66. The number of aliphatic imine (C=N–C) groups is 1. The zero-order valence-corrected chi connectivity index (χ0v) is 11.3. The zero-order valence-electron chi connectivity index (χ0n) is 10.5. The second-order valence-electron chi connectivity index (χ2n) is 4.02. The molecule has 0 aromatic carbocycles. The summed E-state index contributed by atoms with van der Waals surface area (Å²) < 4.78 is 0. The minimum absolute atomic E-state index is 0.0353. The van der Waals surface area contributed by atoms with E-state index in [0.717, 1.165) is 18.6 Å². The van der Waals surface area contributed by atoms with E-state index in [0.29, 0.717) is 6.42 Å².